The third kappa shape index (κ3) is 7.04. The highest BCUT2D eigenvalue weighted by Gasteiger charge is 2.23. The molecule has 0 fully saturated rings. The number of benzene rings is 2. The minimum atomic E-state index is -1.16. The molecule has 2 amide bonds. The number of nitrogens with one attached hydrogen (secondary N) is 1. The summed E-state index contributed by atoms with van der Waals surface area (Å²) in [5, 5.41) is 12.5. The second-order valence-electron chi connectivity index (χ2n) is 7.23. The summed E-state index contributed by atoms with van der Waals surface area (Å²) in [5.41, 5.74) is 7.29. The lowest BCUT2D eigenvalue weighted by Gasteiger charge is -2.19. The largest absolute Gasteiger partial charge is 0.489 e. The first-order chi connectivity index (χ1) is 13.3. The number of rotatable bonds is 10. The van der Waals surface area contributed by atoms with E-state index in [1.807, 2.05) is 68.4 Å². The van der Waals surface area contributed by atoms with Crippen molar-refractivity contribution in [2.75, 3.05) is 0 Å². The molecule has 4 N–H and O–H groups in total. The van der Waals surface area contributed by atoms with E-state index in [2.05, 4.69) is 5.32 Å². The van der Waals surface area contributed by atoms with Crippen molar-refractivity contribution in [2.45, 2.75) is 45.4 Å². The molecule has 6 heteroatoms. The van der Waals surface area contributed by atoms with Crippen LogP contribution in [0.5, 0.6) is 5.75 Å². The molecule has 2 aromatic rings. The average molecular weight is 384 g/mol. The fraction of sp³-hybridized carbons (Fsp3) is 0.364. The fourth-order valence-corrected chi connectivity index (χ4v) is 2.78. The Hall–Kier alpha value is -2.86. The molecule has 28 heavy (non-hydrogen) atoms. The van der Waals surface area contributed by atoms with Crippen LogP contribution in [-0.2, 0) is 22.6 Å². The molecule has 0 spiro atoms. The van der Waals surface area contributed by atoms with Crippen LogP contribution in [0, 0.1) is 5.92 Å². The molecule has 0 radical (unpaired) electrons. The number of carbonyl (C=O) groups excluding carboxylic acids is 2. The molecular formula is C22H28N2O4. The van der Waals surface area contributed by atoms with E-state index in [1.165, 1.54) is 0 Å². The van der Waals surface area contributed by atoms with Crippen molar-refractivity contribution in [1.29, 1.82) is 0 Å². The third-order valence-corrected chi connectivity index (χ3v) is 4.24. The minimum Gasteiger partial charge on any atom is -0.489 e. The number of hydrogen-bond donors (Lipinski definition) is 3. The van der Waals surface area contributed by atoms with Gasteiger partial charge in [-0.1, -0.05) is 56.3 Å². The molecule has 2 aromatic carbocycles. The van der Waals surface area contributed by atoms with Gasteiger partial charge in [0.25, 0.3) is 0 Å². The lowest BCUT2D eigenvalue weighted by atomic mass is 10.0. The van der Waals surface area contributed by atoms with Crippen molar-refractivity contribution in [1.82, 2.24) is 5.32 Å². The highest BCUT2D eigenvalue weighted by molar-refractivity contribution is 5.88. The van der Waals surface area contributed by atoms with E-state index in [4.69, 9.17) is 10.5 Å². The minimum absolute atomic E-state index is 0.159. The number of amides is 2. The van der Waals surface area contributed by atoms with Gasteiger partial charge >= 0.3 is 0 Å². The van der Waals surface area contributed by atoms with E-state index in [9.17, 15) is 14.7 Å². The normalized spacial score (nSPS) is 13.0. The van der Waals surface area contributed by atoms with E-state index in [-0.39, 0.29) is 12.3 Å². The zero-order chi connectivity index (χ0) is 20.5. The van der Waals surface area contributed by atoms with Crippen LogP contribution >= 0.6 is 0 Å². The summed E-state index contributed by atoms with van der Waals surface area (Å²) in [6.07, 6.45) is -0.625. The van der Waals surface area contributed by atoms with Crippen LogP contribution in [0.25, 0.3) is 0 Å². The Morgan fingerprint density at radius 1 is 1.07 bits per heavy atom. The quantitative estimate of drug-likeness (QED) is 0.584. The average Bonchev–Trinajstić information content (AvgIpc) is 2.66. The van der Waals surface area contributed by atoms with Gasteiger partial charge in [0, 0.05) is 6.42 Å². The summed E-state index contributed by atoms with van der Waals surface area (Å²) in [4.78, 5) is 23.9. The van der Waals surface area contributed by atoms with Crippen molar-refractivity contribution in [3.8, 4) is 5.75 Å². The standard InChI is InChI=1S/C22H28N2O4/c1-15(2)11-20(25)22(27)24-19(21(23)26)13-17-9-6-10-18(12-17)28-14-16-7-4-3-5-8-16/h3-10,12,15,19-20,25H,11,13-14H2,1-2H3,(H2,23,26)(H,24,27)/t19-,20+/m0/s1. The number of primary amides is 1. The van der Waals surface area contributed by atoms with Crippen LogP contribution in [0.3, 0.4) is 0 Å². The lowest BCUT2D eigenvalue weighted by Crippen LogP contribution is -2.49. The molecule has 0 saturated carbocycles. The van der Waals surface area contributed by atoms with Gasteiger partial charge in [0.05, 0.1) is 0 Å². The Kier molecular flexibility index (Phi) is 8.02. The molecule has 0 unspecified atom stereocenters. The third-order valence-electron chi connectivity index (χ3n) is 4.24. The summed E-state index contributed by atoms with van der Waals surface area (Å²) in [6.45, 7) is 4.24. The van der Waals surface area contributed by atoms with Crippen LogP contribution in [0.1, 0.15) is 31.4 Å². The molecule has 2 rings (SSSR count). The van der Waals surface area contributed by atoms with Gasteiger partial charge in [0.15, 0.2) is 0 Å². The highest BCUT2D eigenvalue weighted by atomic mass is 16.5. The zero-order valence-electron chi connectivity index (χ0n) is 16.3. The first-order valence-electron chi connectivity index (χ1n) is 9.38. The molecule has 0 bridgehead atoms. The van der Waals surface area contributed by atoms with Gasteiger partial charge in [0.2, 0.25) is 11.8 Å². The predicted octanol–water partition coefficient (Wildman–Crippen LogP) is 2.19. The summed E-state index contributed by atoms with van der Waals surface area (Å²) in [5.74, 6) is -0.420. The van der Waals surface area contributed by atoms with E-state index in [1.54, 1.807) is 0 Å². The molecule has 150 valence electrons. The number of carbonyl (C=O) groups is 2. The maximum absolute atomic E-state index is 12.1. The predicted molar refractivity (Wildman–Crippen MR) is 108 cm³/mol. The van der Waals surface area contributed by atoms with Crippen LogP contribution in [0.2, 0.25) is 0 Å². The second kappa shape index (κ2) is 10.5. The topological polar surface area (TPSA) is 102 Å². The maximum atomic E-state index is 12.1. The van der Waals surface area contributed by atoms with Gasteiger partial charge in [-0.05, 0) is 35.6 Å². The van der Waals surface area contributed by atoms with Crippen LogP contribution in [0.4, 0.5) is 0 Å². The van der Waals surface area contributed by atoms with Crippen molar-refractivity contribution < 1.29 is 19.4 Å². The van der Waals surface area contributed by atoms with Crippen LogP contribution in [-0.4, -0.2) is 29.1 Å². The smallest absolute Gasteiger partial charge is 0.249 e. The first-order valence-corrected chi connectivity index (χ1v) is 9.38. The lowest BCUT2D eigenvalue weighted by molar-refractivity contribution is -0.133. The van der Waals surface area contributed by atoms with Gasteiger partial charge < -0.3 is 20.9 Å². The van der Waals surface area contributed by atoms with Crippen molar-refractivity contribution >= 4 is 11.8 Å². The molecule has 6 nitrogen and oxygen atoms in total. The molecule has 2 atom stereocenters. The molecule has 0 aliphatic rings. The van der Waals surface area contributed by atoms with Crippen molar-refractivity contribution in [3.05, 3.63) is 65.7 Å². The molecule has 0 heterocycles. The Morgan fingerprint density at radius 2 is 1.75 bits per heavy atom. The van der Waals surface area contributed by atoms with Gasteiger partial charge in [0.1, 0.15) is 24.5 Å². The molecule has 0 aliphatic carbocycles. The monoisotopic (exact) mass is 384 g/mol. The molecule has 0 saturated heterocycles. The van der Waals surface area contributed by atoms with E-state index in [0.29, 0.717) is 18.8 Å². The number of aliphatic hydroxyl groups excluding tert-OH is 1. The van der Waals surface area contributed by atoms with Gasteiger partial charge in [-0.15, -0.1) is 0 Å². The van der Waals surface area contributed by atoms with Gasteiger partial charge in [-0.25, -0.2) is 0 Å². The first kappa shape index (κ1) is 21.4. The van der Waals surface area contributed by atoms with Gasteiger partial charge in [-0.2, -0.15) is 0 Å². The number of aliphatic hydroxyl groups is 1. The van der Waals surface area contributed by atoms with Crippen molar-refractivity contribution in [3.63, 3.8) is 0 Å². The molecule has 0 aromatic heterocycles. The number of ether oxygens (including phenoxy) is 1. The molecule has 0 aliphatic heterocycles. The molecular weight excluding hydrogens is 356 g/mol. The SMILES string of the molecule is CC(C)C[C@@H](O)C(=O)N[C@@H](Cc1cccc(OCc2ccccc2)c1)C(N)=O. The van der Waals surface area contributed by atoms with Crippen molar-refractivity contribution in [2.24, 2.45) is 11.7 Å². The Morgan fingerprint density at radius 3 is 2.39 bits per heavy atom. The zero-order valence-corrected chi connectivity index (χ0v) is 16.3. The van der Waals surface area contributed by atoms with E-state index >= 15 is 0 Å². The van der Waals surface area contributed by atoms with Gasteiger partial charge in [-0.3, -0.25) is 9.59 Å². The van der Waals surface area contributed by atoms with Crippen LogP contribution < -0.4 is 15.8 Å². The summed E-state index contributed by atoms with van der Waals surface area (Å²) in [6, 6.07) is 16.2. The summed E-state index contributed by atoms with van der Waals surface area (Å²) < 4.78 is 5.79. The van der Waals surface area contributed by atoms with Crippen LogP contribution in [0.15, 0.2) is 54.6 Å². The second-order valence-corrected chi connectivity index (χ2v) is 7.23. The summed E-state index contributed by atoms with van der Waals surface area (Å²) in [7, 11) is 0. The number of hydrogen-bond acceptors (Lipinski definition) is 4. The van der Waals surface area contributed by atoms with E-state index in [0.717, 1.165) is 11.1 Å². The summed E-state index contributed by atoms with van der Waals surface area (Å²) >= 11 is 0. The Bertz CT molecular complexity index is 777. The Balaban J connectivity index is 1.98. The number of nitrogens with two attached hydrogens (primary N) is 1. The van der Waals surface area contributed by atoms with E-state index < -0.39 is 24.0 Å². The Labute approximate surface area is 165 Å². The highest BCUT2D eigenvalue weighted by Crippen LogP contribution is 2.17. The fourth-order valence-electron chi connectivity index (χ4n) is 2.78. The maximum Gasteiger partial charge on any atom is 0.249 e.